The van der Waals surface area contributed by atoms with Crippen molar-refractivity contribution in [3.8, 4) is 5.75 Å². The average molecular weight is 260 g/mol. The highest BCUT2D eigenvalue weighted by Gasteiger charge is 2.00. The van der Waals surface area contributed by atoms with Crippen LogP contribution in [0.1, 0.15) is 10.4 Å². The Morgan fingerprint density at radius 2 is 1.26 bits per heavy atom. The van der Waals surface area contributed by atoms with Crippen molar-refractivity contribution in [1.82, 2.24) is 0 Å². The van der Waals surface area contributed by atoms with Crippen LogP contribution in [0, 0.1) is 0 Å². The smallest absolute Gasteiger partial charge is 0.335 e. The molecular formula is C13H12N2O4. The summed E-state index contributed by atoms with van der Waals surface area (Å²) in [5, 5.41) is 25.7. The van der Waals surface area contributed by atoms with Crippen LogP contribution >= 0.6 is 0 Å². The minimum Gasteiger partial charge on any atom is -0.508 e. The topological polar surface area (TPSA) is 114 Å². The van der Waals surface area contributed by atoms with Gasteiger partial charge in [-0.05, 0) is 48.5 Å². The van der Waals surface area contributed by atoms with Crippen molar-refractivity contribution in [2.45, 2.75) is 0 Å². The van der Waals surface area contributed by atoms with Gasteiger partial charge in [0.25, 0.3) is 0 Å². The Kier molecular flexibility index (Phi) is 4.73. The van der Waals surface area contributed by atoms with Gasteiger partial charge in [0.2, 0.25) is 0 Å². The Hall–Kier alpha value is -2.73. The quantitative estimate of drug-likeness (QED) is 0.826. The number of carboxylic acid groups (broad SMARTS) is 1. The zero-order chi connectivity index (χ0) is 13.0. The van der Waals surface area contributed by atoms with E-state index in [1.54, 1.807) is 24.3 Å². The fraction of sp³-hybridized carbons (Fsp3) is 0. The molecule has 0 aliphatic rings. The molecule has 0 aliphatic carbocycles. The number of hydrogen-bond donors (Lipinski definition) is 2. The molecule has 0 heterocycles. The highest BCUT2D eigenvalue weighted by molar-refractivity contribution is 5.87. The van der Waals surface area contributed by atoms with Gasteiger partial charge >= 0.3 is 5.97 Å². The molecule has 0 saturated heterocycles. The van der Waals surface area contributed by atoms with Crippen LogP contribution in [0.5, 0.6) is 5.75 Å². The molecule has 0 fully saturated rings. The second-order valence-electron chi connectivity index (χ2n) is 3.57. The molecule has 0 amide bonds. The van der Waals surface area contributed by atoms with E-state index < -0.39 is 5.97 Å². The third kappa shape index (κ3) is 3.90. The van der Waals surface area contributed by atoms with Crippen LogP contribution in [0.4, 0.5) is 11.4 Å². The lowest BCUT2D eigenvalue weighted by Gasteiger charge is -1.95. The molecule has 98 valence electrons. The van der Waals surface area contributed by atoms with E-state index in [1.165, 1.54) is 24.3 Å². The molecule has 2 rings (SSSR count). The van der Waals surface area contributed by atoms with Crippen LogP contribution in [0.3, 0.4) is 0 Å². The zero-order valence-corrected chi connectivity index (χ0v) is 9.82. The van der Waals surface area contributed by atoms with E-state index in [4.69, 9.17) is 10.2 Å². The number of aromatic hydroxyl groups is 1. The molecule has 0 saturated carbocycles. The number of rotatable bonds is 3. The summed E-state index contributed by atoms with van der Waals surface area (Å²) in [6, 6.07) is 12.4. The van der Waals surface area contributed by atoms with Crippen molar-refractivity contribution in [3.63, 3.8) is 0 Å². The lowest BCUT2D eigenvalue weighted by Crippen LogP contribution is -1.93. The highest BCUT2D eigenvalue weighted by atomic mass is 16.4. The van der Waals surface area contributed by atoms with Crippen LogP contribution < -0.4 is 0 Å². The lowest BCUT2D eigenvalue weighted by atomic mass is 10.2. The fourth-order valence-corrected chi connectivity index (χ4v) is 1.31. The van der Waals surface area contributed by atoms with Crippen molar-refractivity contribution >= 4 is 17.3 Å². The molecular weight excluding hydrogens is 248 g/mol. The van der Waals surface area contributed by atoms with Gasteiger partial charge in [0.15, 0.2) is 0 Å². The van der Waals surface area contributed by atoms with Gasteiger partial charge in [-0.15, -0.1) is 0 Å². The van der Waals surface area contributed by atoms with E-state index in [2.05, 4.69) is 10.2 Å². The van der Waals surface area contributed by atoms with Gasteiger partial charge in [0.05, 0.1) is 16.9 Å². The number of carbonyl (C=O) groups is 1. The standard InChI is InChI=1S/C13H10N2O3.H2O/c16-12-7-5-11(6-8-12)15-14-10-3-1-9(2-4-10)13(17)18;/h1-8,16H,(H,17,18);1H2. The summed E-state index contributed by atoms with van der Waals surface area (Å²) in [6.07, 6.45) is 0. The van der Waals surface area contributed by atoms with Crippen molar-refractivity contribution in [2.75, 3.05) is 0 Å². The number of nitrogens with zero attached hydrogens (tertiary/aromatic N) is 2. The van der Waals surface area contributed by atoms with E-state index in [0.29, 0.717) is 11.4 Å². The predicted octanol–water partition coefficient (Wildman–Crippen LogP) is 2.68. The predicted molar refractivity (Wildman–Crippen MR) is 69.3 cm³/mol. The largest absolute Gasteiger partial charge is 0.508 e. The van der Waals surface area contributed by atoms with Crippen LogP contribution in [0.15, 0.2) is 58.8 Å². The van der Waals surface area contributed by atoms with Gasteiger partial charge in [0.1, 0.15) is 5.75 Å². The first-order valence-corrected chi connectivity index (χ1v) is 5.19. The third-order valence-corrected chi connectivity index (χ3v) is 2.24. The number of aromatic carboxylic acids is 1. The van der Waals surface area contributed by atoms with Gasteiger partial charge in [0, 0.05) is 0 Å². The van der Waals surface area contributed by atoms with E-state index in [1.807, 2.05) is 0 Å². The van der Waals surface area contributed by atoms with Gasteiger partial charge in [-0.25, -0.2) is 4.79 Å². The molecule has 2 aromatic carbocycles. The molecule has 2 aromatic rings. The molecule has 0 unspecified atom stereocenters. The first-order valence-electron chi connectivity index (χ1n) is 5.19. The van der Waals surface area contributed by atoms with Crippen LogP contribution in [0.25, 0.3) is 0 Å². The fourth-order valence-electron chi connectivity index (χ4n) is 1.31. The van der Waals surface area contributed by atoms with Crippen molar-refractivity contribution < 1.29 is 20.5 Å². The molecule has 0 spiro atoms. The summed E-state index contributed by atoms with van der Waals surface area (Å²) in [4.78, 5) is 10.6. The van der Waals surface area contributed by atoms with Crippen molar-refractivity contribution in [1.29, 1.82) is 0 Å². The molecule has 0 atom stereocenters. The third-order valence-electron chi connectivity index (χ3n) is 2.24. The molecule has 19 heavy (non-hydrogen) atoms. The Morgan fingerprint density at radius 1 is 0.842 bits per heavy atom. The van der Waals surface area contributed by atoms with Crippen molar-refractivity contribution in [3.05, 3.63) is 54.1 Å². The monoisotopic (exact) mass is 260 g/mol. The van der Waals surface area contributed by atoms with Crippen LogP contribution in [0.2, 0.25) is 0 Å². The maximum absolute atomic E-state index is 10.6. The van der Waals surface area contributed by atoms with Crippen molar-refractivity contribution in [2.24, 2.45) is 10.2 Å². The number of hydrogen-bond acceptors (Lipinski definition) is 4. The average Bonchev–Trinajstić information content (AvgIpc) is 2.38. The summed E-state index contributed by atoms with van der Waals surface area (Å²) in [7, 11) is 0. The summed E-state index contributed by atoms with van der Waals surface area (Å²) in [5.41, 5.74) is 1.38. The normalized spacial score (nSPS) is 10.1. The minimum atomic E-state index is -0.975. The molecule has 0 bridgehead atoms. The molecule has 6 heteroatoms. The van der Waals surface area contributed by atoms with Gasteiger partial charge in [-0.1, -0.05) is 0 Å². The second-order valence-corrected chi connectivity index (χ2v) is 3.57. The summed E-state index contributed by atoms with van der Waals surface area (Å²) in [5.74, 6) is -0.809. The number of phenols is 1. The Bertz CT molecular complexity index is 577. The molecule has 6 nitrogen and oxygen atoms in total. The van der Waals surface area contributed by atoms with Gasteiger partial charge in [-0.2, -0.15) is 10.2 Å². The zero-order valence-electron chi connectivity index (χ0n) is 9.82. The number of benzene rings is 2. The second kappa shape index (κ2) is 6.27. The first kappa shape index (κ1) is 14.3. The minimum absolute atomic E-state index is 0. The number of carboxylic acids is 1. The Morgan fingerprint density at radius 3 is 1.68 bits per heavy atom. The molecule has 4 N–H and O–H groups in total. The SMILES string of the molecule is O.O=C(O)c1ccc(N=Nc2ccc(O)cc2)cc1. The lowest BCUT2D eigenvalue weighted by molar-refractivity contribution is 0.0697. The maximum atomic E-state index is 10.6. The van der Waals surface area contributed by atoms with Crippen LogP contribution in [-0.4, -0.2) is 21.7 Å². The molecule has 0 aliphatic heterocycles. The van der Waals surface area contributed by atoms with E-state index in [9.17, 15) is 4.79 Å². The Labute approximate surface area is 109 Å². The Balaban J connectivity index is 0.00000180. The number of azo groups is 1. The van der Waals surface area contributed by atoms with Gasteiger partial charge < -0.3 is 15.7 Å². The molecule has 0 radical (unpaired) electrons. The summed E-state index contributed by atoms with van der Waals surface area (Å²) < 4.78 is 0. The van der Waals surface area contributed by atoms with Crippen LogP contribution in [-0.2, 0) is 0 Å². The molecule has 0 aromatic heterocycles. The first-order chi connectivity index (χ1) is 8.65. The van der Waals surface area contributed by atoms with E-state index >= 15 is 0 Å². The summed E-state index contributed by atoms with van der Waals surface area (Å²) >= 11 is 0. The number of phenolic OH excluding ortho intramolecular Hbond substituents is 1. The highest BCUT2D eigenvalue weighted by Crippen LogP contribution is 2.20. The van der Waals surface area contributed by atoms with Gasteiger partial charge in [-0.3, -0.25) is 0 Å². The van der Waals surface area contributed by atoms with E-state index in [-0.39, 0.29) is 16.8 Å². The summed E-state index contributed by atoms with van der Waals surface area (Å²) in [6.45, 7) is 0. The van der Waals surface area contributed by atoms with E-state index in [0.717, 1.165) is 0 Å². The maximum Gasteiger partial charge on any atom is 0.335 e.